The van der Waals surface area contributed by atoms with Gasteiger partial charge in [-0.2, -0.15) is 0 Å². The zero-order chi connectivity index (χ0) is 31.3. The Morgan fingerprint density at radius 3 is 2.00 bits per heavy atom. The van der Waals surface area contributed by atoms with Gasteiger partial charge >= 0.3 is 0 Å². The SMILES string of the molecule is CCN1C2=C(C(=O)CC(C)(C)C2)C(c2cc(Cl)c(OCC(=O)Nc3ccc(Cl)cc3)c(OC)c2)C2=C1CC(C)(C)CC2=O. The lowest BCUT2D eigenvalue weighted by Gasteiger charge is -2.49. The van der Waals surface area contributed by atoms with E-state index in [0.29, 0.717) is 52.6 Å². The number of hydrogen-bond acceptors (Lipinski definition) is 6. The molecule has 3 aliphatic rings. The third-order valence-corrected chi connectivity index (χ3v) is 8.93. The normalized spacial score (nSPS) is 19.7. The fourth-order valence-electron chi connectivity index (χ4n) is 6.68. The van der Waals surface area contributed by atoms with Gasteiger partial charge in [0.1, 0.15) is 0 Å². The molecular weight excluding hydrogens is 587 g/mol. The first kappa shape index (κ1) is 31.1. The number of carbonyl (C=O) groups is 3. The predicted octanol–water partition coefficient (Wildman–Crippen LogP) is 7.73. The van der Waals surface area contributed by atoms with E-state index in [1.807, 2.05) is 0 Å². The molecule has 0 aromatic heterocycles. The Kier molecular flexibility index (Phi) is 8.45. The maximum Gasteiger partial charge on any atom is 0.262 e. The van der Waals surface area contributed by atoms with E-state index in [-0.39, 0.29) is 45.7 Å². The number of nitrogens with zero attached hydrogens (tertiary/aromatic N) is 1. The molecule has 0 fully saturated rings. The number of ketones is 2. The van der Waals surface area contributed by atoms with Crippen molar-refractivity contribution in [2.24, 2.45) is 10.8 Å². The van der Waals surface area contributed by atoms with E-state index in [2.05, 4.69) is 44.8 Å². The molecule has 2 aromatic carbocycles. The molecule has 2 aliphatic carbocycles. The van der Waals surface area contributed by atoms with Crippen molar-refractivity contribution in [3.63, 3.8) is 0 Å². The van der Waals surface area contributed by atoms with E-state index >= 15 is 0 Å². The van der Waals surface area contributed by atoms with Crippen molar-refractivity contribution < 1.29 is 23.9 Å². The van der Waals surface area contributed by atoms with Crippen molar-refractivity contribution >= 4 is 46.4 Å². The molecule has 1 amide bonds. The van der Waals surface area contributed by atoms with Crippen LogP contribution >= 0.6 is 23.2 Å². The zero-order valence-corrected chi connectivity index (χ0v) is 27.0. The maximum absolute atomic E-state index is 13.9. The number of allylic oxidation sites excluding steroid dienone is 4. The fraction of sp³-hybridized carbons (Fsp3) is 0.441. The first-order valence-corrected chi connectivity index (χ1v) is 15.3. The molecule has 0 radical (unpaired) electrons. The molecule has 43 heavy (non-hydrogen) atoms. The first-order chi connectivity index (χ1) is 20.2. The molecule has 0 atom stereocenters. The van der Waals surface area contributed by atoms with E-state index in [1.165, 1.54) is 7.11 Å². The van der Waals surface area contributed by atoms with Gasteiger partial charge in [-0.25, -0.2) is 0 Å². The molecule has 7 nitrogen and oxygen atoms in total. The van der Waals surface area contributed by atoms with Crippen molar-refractivity contribution in [1.29, 1.82) is 0 Å². The summed E-state index contributed by atoms with van der Waals surface area (Å²) in [6.45, 7) is 10.9. The van der Waals surface area contributed by atoms with Gasteiger partial charge in [-0.15, -0.1) is 0 Å². The summed E-state index contributed by atoms with van der Waals surface area (Å²) in [4.78, 5) is 42.6. The van der Waals surface area contributed by atoms with E-state index in [0.717, 1.165) is 24.2 Å². The average molecular weight is 626 g/mol. The van der Waals surface area contributed by atoms with Crippen molar-refractivity contribution in [3.05, 3.63) is 74.5 Å². The molecule has 2 aromatic rings. The lowest BCUT2D eigenvalue weighted by molar-refractivity contribution is -0.120. The summed E-state index contributed by atoms with van der Waals surface area (Å²) in [6.07, 6.45) is 2.27. The number of benzene rings is 2. The van der Waals surface area contributed by atoms with Gasteiger partial charge in [-0.1, -0.05) is 50.9 Å². The fourth-order valence-corrected chi connectivity index (χ4v) is 7.08. The highest BCUT2D eigenvalue weighted by Crippen LogP contribution is 2.55. The number of hydrogen-bond donors (Lipinski definition) is 1. The van der Waals surface area contributed by atoms with Crippen molar-refractivity contribution in [2.45, 2.75) is 66.2 Å². The molecule has 0 saturated carbocycles. The molecule has 1 heterocycles. The number of amides is 1. The van der Waals surface area contributed by atoms with E-state index in [4.69, 9.17) is 32.7 Å². The van der Waals surface area contributed by atoms with Crippen molar-refractivity contribution in [1.82, 2.24) is 4.90 Å². The van der Waals surface area contributed by atoms with Crippen LogP contribution in [0.4, 0.5) is 5.69 Å². The van der Waals surface area contributed by atoms with Crippen LogP contribution in [0.3, 0.4) is 0 Å². The quantitative estimate of drug-likeness (QED) is 0.339. The van der Waals surface area contributed by atoms with Crippen molar-refractivity contribution in [2.75, 3.05) is 25.6 Å². The summed E-state index contributed by atoms with van der Waals surface area (Å²) in [5.74, 6) is -0.321. The molecule has 0 unspecified atom stereocenters. The van der Waals surface area contributed by atoms with Crippen LogP contribution in [0.15, 0.2) is 58.9 Å². The van der Waals surface area contributed by atoms with Crippen LogP contribution in [-0.4, -0.2) is 42.6 Å². The molecule has 1 N–H and O–H groups in total. The zero-order valence-electron chi connectivity index (χ0n) is 25.5. The van der Waals surface area contributed by atoms with Crippen LogP contribution in [-0.2, 0) is 14.4 Å². The number of ether oxygens (including phenoxy) is 2. The molecule has 228 valence electrons. The summed E-state index contributed by atoms with van der Waals surface area (Å²) >= 11 is 12.7. The van der Waals surface area contributed by atoms with Gasteiger partial charge in [-0.3, -0.25) is 14.4 Å². The van der Waals surface area contributed by atoms with E-state index < -0.39 is 5.92 Å². The van der Waals surface area contributed by atoms with Gasteiger partial charge in [0.2, 0.25) is 0 Å². The molecule has 0 saturated heterocycles. The van der Waals surface area contributed by atoms with Crippen LogP contribution in [0.25, 0.3) is 0 Å². The number of nitrogens with one attached hydrogen (secondary N) is 1. The third-order valence-electron chi connectivity index (χ3n) is 8.40. The first-order valence-electron chi connectivity index (χ1n) is 14.6. The van der Waals surface area contributed by atoms with Crippen LogP contribution in [0, 0.1) is 10.8 Å². The Morgan fingerprint density at radius 2 is 1.49 bits per heavy atom. The van der Waals surface area contributed by atoms with E-state index in [9.17, 15) is 14.4 Å². The monoisotopic (exact) mass is 624 g/mol. The Labute approximate surface area is 263 Å². The number of carbonyl (C=O) groups excluding carboxylic acids is 3. The summed E-state index contributed by atoms with van der Waals surface area (Å²) in [7, 11) is 1.49. The molecular formula is C34H38Cl2N2O5. The van der Waals surface area contributed by atoms with Gasteiger partial charge in [0, 0.05) is 58.6 Å². The molecule has 0 spiro atoms. The van der Waals surface area contributed by atoms with Crippen LogP contribution in [0.5, 0.6) is 11.5 Å². The average Bonchev–Trinajstić information content (AvgIpc) is 2.91. The van der Waals surface area contributed by atoms with Gasteiger partial charge in [0.25, 0.3) is 5.91 Å². The minimum absolute atomic E-state index is 0.0492. The highest BCUT2D eigenvalue weighted by molar-refractivity contribution is 6.32. The minimum atomic E-state index is -0.561. The van der Waals surface area contributed by atoms with Crippen molar-refractivity contribution in [3.8, 4) is 11.5 Å². The van der Waals surface area contributed by atoms with Gasteiger partial charge in [0.05, 0.1) is 12.1 Å². The Bertz CT molecular complexity index is 1500. The number of methoxy groups -OCH3 is 1. The highest BCUT2D eigenvalue weighted by atomic mass is 35.5. The summed E-state index contributed by atoms with van der Waals surface area (Å²) < 4.78 is 11.5. The number of halogens is 2. The van der Waals surface area contributed by atoms with Gasteiger partial charge < -0.3 is 19.7 Å². The molecule has 0 bridgehead atoms. The number of rotatable bonds is 7. The number of anilines is 1. The lowest BCUT2D eigenvalue weighted by atomic mass is 9.63. The van der Waals surface area contributed by atoms with Crippen LogP contribution in [0.1, 0.15) is 71.8 Å². The molecule has 9 heteroatoms. The maximum atomic E-state index is 13.9. The lowest BCUT2D eigenvalue weighted by Crippen LogP contribution is -2.44. The second-order valence-corrected chi connectivity index (χ2v) is 14.0. The standard InChI is InChI=1S/C34H38Cl2N2O5/c1-7-38-23-14-33(2,3)16-25(39)30(23)29(31-24(38)15-34(4,5)17-26(31)40)19-12-22(36)32(27(13-19)42-6)43-18-28(41)37-21-10-8-20(35)9-11-21/h8-13,29H,7,14-18H2,1-6H3,(H,37,41). The third kappa shape index (κ3) is 6.20. The predicted molar refractivity (Wildman–Crippen MR) is 169 cm³/mol. The van der Waals surface area contributed by atoms with Gasteiger partial charge in [0.15, 0.2) is 29.7 Å². The topological polar surface area (TPSA) is 84.9 Å². The van der Waals surface area contributed by atoms with Crippen LogP contribution in [0.2, 0.25) is 10.0 Å². The molecule has 1 aliphatic heterocycles. The Hall–Kier alpha value is -3.29. The molecule has 5 rings (SSSR count). The summed E-state index contributed by atoms with van der Waals surface area (Å²) in [5, 5.41) is 3.55. The largest absolute Gasteiger partial charge is 0.493 e. The smallest absolute Gasteiger partial charge is 0.262 e. The van der Waals surface area contributed by atoms with Crippen LogP contribution < -0.4 is 14.8 Å². The second kappa shape index (κ2) is 11.7. The highest BCUT2D eigenvalue weighted by Gasteiger charge is 2.48. The number of Topliss-reactive ketones (excluding diaryl/α,β-unsaturated/α-hetero) is 2. The summed E-state index contributed by atoms with van der Waals surface area (Å²) in [6, 6.07) is 10.3. The summed E-state index contributed by atoms with van der Waals surface area (Å²) in [5.41, 5.74) is 4.21. The van der Waals surface area contributed by atoms with E-state index in [1.54, 1.807) is 36.4 Å². The Balaban J connectivity index is 1.54. The Morgan fingerprint density at radius 1 is 0.930 bits per heavy atom. The minimum Gasteiger partial charge on any atom is -0.493 e. The van der Waals surface area contributed by atoms with Gasteiger partial charge in [-0.05, 0) is 72.6 Å². The second-order valence-electron chi connectivity index (χ2n) is 13.2.